The molecular weight excluding hydrogens is 298 g/mol. The highest BCUT2D eigenvalue weighted by atomic mass is 16.5. The fourth-order valence-corrected chi connectivity index (χ4v) is 2.28. The fourth-order valence-electron chi connectivity index (χ4n) is 2.28. The van der Waals surface area contributed by atoms with Crippen molar-refractivity contribution in [2.75, 3.05) is 10.6 Å². The van der Waals surface area contributed by atoms with Crippen LogP contribution in [0.3, 0.4) is 0 Å². The van der Waals surface area contributed by atoms with Gasteiger partial charge in [-0.15, -0.1) is 0 Å². The van der Waals surface area contributed by atoms with Gasteiger partial charge in [-0.2, -0.15) is 5.10 Å². The van der Waals surface area contributed by atoms with Crippen LogP contribution in [0.25, 0.3) is 0 Å². The van der Waals surface area contributed by atoms with Crippen LogP contribution in [0.15, 0.2) is 16.8 Å². The highest BCUT2D eigenvalue weighted by Crippen LogP contribution is 2.23. The Morgan fingerprint density at radius 1 is 1.22 bits per heavy atom. The maximum atomic E-state index is 12.1. The van der Waals surface area contributed by atoms with Gasteiger partial charge in [0, 0.05) is 11.6 Å². The smallest absolute Gasteiger partial charge is 0.315 e. The highest BCUT2D eigenvalue weighted by Gasteiger charge is 2.21. The Balaban J connectivity index is 2.10. The summed E-state index contributed by atoms with van der Waals surface area (Å²) in [4.78, 5) is 24.0. The summed E-state index contributed by atoms with van der Waals surface area (Å²) in [6, 6.07) is 1.70. The number of carbonyl (C=O) groups excluding carboxylic acids is 2. The van der Waals surface area contributed by atoms with Crippen molar-refractivity contribution in [2.45, 2.75) is 46.6 Å². The van der Waals surface area contributed by atoms with Gasteiger partial charge in [-0.1, -0.05) is 19.0 Å². The standard InChI is InChI=1S/C15H21N5O3/c1-5-11(6-2)20-13(9(3)8-16-20)18-15(22)14(21)17-12-7-10(4)23-19-12/h7-8,11H,5-6H2,1-4H3,(H,18,22)(H,17,19,21). The fraction of sp³-hybridized carbons (Fsp3) is 0.467. The molecule has 2 heterocycles. The van der Waals surface area contributed by atoms with E-state index < -0.39 is 11.8 Å². The first kappa shape index (κ1) is 16.7. The van der Waals surface area contributed by atoms with Crippen LogP contribution in [0.1, 0.15) is 44.1 Å². The first-order valence-electron chi connectivity index (χ1n) is 7.56. The van der Waals surface area contributed by atoms with Gasteiger partial charge in [0.05, 0.1) is 12.2 Å². The Morgan fingerprint density at radius 3 is 2.43 bits per heavy atom. The Kier molecular flexibility index (Phi) is 5.15. The van der Waals surface area contributed by atoms with Crippen LogP contribution in [0.2, 0.25) is 0 Å². The number of anilines is 2. The molecule has 2 aromatic heterocycles. The highest BCUT2D eigenvalue weighted by molar-refractivity contribution is 6.43. The molecular formula is C15H21N5O3. The van der Waals surface area contributed by atoms with Crippen LogP contribution in [0.4, 0.5) is 11.6 Å². The molecule has 0 atom stereocenters. The normalized spacial score (nSPS) is 10.8. The van der Waals surface area contributed by atoms with Crippen LogP contribution in [-0.4, -0.2) is 26.8 Å². The van der Waals surface area contributed by atoms with E-state index in [0.717, 1.165) is 18.4 Å². The minimum Gasteiger partial charge on any atom is -0.360 e. The van der Waals surface area contributed by atoms with Gasteiger partial charge < -0.3 is 9.84 Å². The monoisotopic (exact) mass is 319 g/mol. The predicted molar refractivity (Wildman–Crippen MR) is 85.1 cm³/mol. The van der Waals surface area contributed by atoms with Crippen LogP contribution in [0, 0.1) is 13.8 Å². The lowest BCUT2D eigenvalue weighted by Gasteiger charge is -2.17. The van der Waals surface area contributed by atoms with Crippen molar-refractivity contribution in [1.29, 1.82) is 0 Å². The molecule has 124 valence electrons. The average molecular weight is 319 g/mol. The number of carbonyl (C=O) groups is 2. The van der Waals surface area contributed by atoms with Crippen molar-refractivity contribution in [3.63, 3.8) is 0 Å². The number of hydrogen-bond acceptors (Lipinski definition) is 5. The zero-order valence-corrected chi connectivity index (χ0v) is 13.7. The number of hydrogen-bond donors (Lipinski definition) is 2. The molecule has 2 rings (SSSR count). The second kappa shape index (κ2) is 7.08. The minimum atomic E-state index is -0.810. The van der Waals surface area contributed by atoms with Crippen LogP contribution >= 0.6 is 0 Å². The largest absolute Gasteiger partial charge is 0.360 e. The van der Waals surface area contributed by atoms with Crippen molar-refractivity contribution in [1.82, 2.24) is 14.9 Å². The molecule has 0 fully saturated rings. The maximum absolute atomic E-state index is 12.1. The van der Waals surface area contributed by atoms with Gasteiger partial charge in [-0.05, 0) is 26.7 Å². The molecule has 0 aliphatic carbocycles. The Hall–Kier alpha value is -2.64. The van der Waals surface area contributed by atoms with Gasteiger partial charge >= 0.3 is 11.8 Å². The number of nitrogens with zero attached hydrogens (tertiary/aromatic N) is 3. The Bertz CT molecular complexity index is 700. The van der Waals surface area contributed by atoms with Crippen molar-refractivity contribution >= 4 is 23.5 Å². The van der Waals surface area contributed by atoms with Crippen molar-refractivity contribution < 1.29 is 14.1 Å². The van der Waals surface area contributed by atoms with Crippen LogP contribution in [0.5, 0.6) is 0 Å². The Morgan fingerprint density at radius 2 is 1.87 bits per heavy atom. The minimum absolute atomic E-state index is 0.167. The molecule has 0 spiro atoms. The predicted octanol–water partition coefficient (Wildman–Crippen LogP) is 2.43. The SMILES string of the molecule is CCC(CC)n1ncc(C)c1NC(=O)C(=O)Nc1cc(C)on1. The lowest BCUT2D eigenvalue weighted by Crippen LogP contribution is -2.30. The molecule has 23 heavy (non-hydrogen) atoms. The van der Waals surface area contributed by atoms with Gasteiger partial charge in [0.15, 0.2) is 5.82 Å². The summed E-state index contributed by atoms with van der Waals surface area (Å²) in [5, 5.41) is 12.9. The van der Waals surface area contributed by atoms with E-state index in [1.165, 1.54) is 6.07 Å². The summed E-state index contributed by atoms with van der Waals surface area (Å²) in [5.41, 5.74) is 0.801. The first-order valence-corrected chi connectivity index (χ1v) is 7.56. The van der Waals surface area contributed by atoms with E-state index in [2.05, 4.69) is 34.7 Å². The van der Waals surface area contributed by atoms with E-state index >= 15 is 0 Å². The molecule has 8 heteroatoms. The molecule has 0 saturated heterocycles. The second-order valence-corrected chi connectivity index (χ2v) is 5.32. The third-order valence-corrected chi connectivity index (χ3v) is 3.57. The number of aromatic nitrogens is 3. The van der Waals surface area contributed by atoms with Crippen molar-refractivity contribution in [3.05, 3.63) is 23.6 Å². The molecule has 0 aliphatic heterocycles. The van der Waals surface area contributed by atoms with E-state index in [1.54, 1.807) is 17.8 Å². The Labute approximate surface area is 134 Å². The topological polar surface area (TPSA) is 102 Å². The summed E-state index contributed by atoms with van der Waals surface area (Å²) < 4.78 is 6.59. The van der Waals surface area contributed by atoms with Crippen molar-refractivity contribution in [2.24, 2.45) is 0 Å². The second-order valence-electron chi connectivity index (χ2n) is 5.32. The van der Waals surface area contributed by atoms with Gasteiger partial charge in [0.2, 0.25) is 0 Å². The lowest BCUT2D eigenvalue weighted by atomic mass is 10.2. The molecule has 0 saturated carbocycles. The van der Waals surface area contributed by atoms with Gasteiger partial charge in [-0.3, -0.25) is 14.9 Å². The summed E-state index contributed by atoms with van der Waals surface area (Å²) in [7, 11) is 0. The third-order valence-electron chi connectivity index (χ3n) is 3.57. The summed E-state index contributed by atoms with van der Waals surface area (Å²) in [6.07, 6.45) is 3.43. The molecule has 0 bridgehead atoms. The lowest BCUT2D eigenvalue weighted by molar-refractivity contribution is -0.133. The molecule has 0 radical (unpaired) electrons. The molecule has 2 N–H and O–H groups in total. The van der Waals surface area contributed by atoms with Gasteiger partial charge in [-0.25, -0.2) is 4.68 Å². The van der Waals surface area contributed by atoms with E-state index in [0.29, 0.717) is 11.6 Å². The van der Waals surface area contributed by atoms with Crippen LogP contribution < -0.4 is 10.6 Å². The van der Waals surface area contributed by atoms with E-state index in [1.807, 2.05) is 6.92 Å². The zero-order chi connectivity index (χ0) is 17.0. The molecule has 0 unspecified atom stereocenters. The summed E-state index contributed by atoms with van der Waals surface area (Å²) in [5.74, 6) is -0.303. The number of aryl methyl sites for hydroxylation is 2. The number of rotatable bonds is 5. The van der Waals surface area contributed by atoms with E-state index in [4.69, 9.17) is 4.52 Å². The van der Waals surface area contributed by atoms with Crippen molar-refractivity contribution in [3.8, 4) is 0 Å². The van der Waals surface area contributed by atoms with E-state index in [9.17, 15) is 9.59 Å². The average Bonchev–Trinajstić information content (AvgIpc) is 3.08. The molecule has 2 aromatic rings. The van der Waals surface area contributed by atoms with Gasteiger partial charge in [0.1, 0.15) is 11.6 Å². The molecule has 0 aliphatic rings. The van der Waals surface area contributed by atoms with E-state index in [-0.39, 0.29) is 11.9 Å². The van der Waals surface area contributed by atoms with Crippen LogP contribution in [-0.2, 0) is 9.59 Å². The maximum Gasteiger partial charge on any atom is 0.315 e. The first-order chi connectivity index (χ1) is 11.0. The number of nitrogens with one attached hydrogen (secondary N) is 2. The third kappa shape index (κ3) is 3.77. The quantitative estimate of drug-likeness (QED) is 0.824. The molecule has 2 amide bonds. The van der Waals surface area contributed by atoms with Gasteiger partial charge in [0.25, 0.3) is 0 Å². The molecule has 0 aromatic carbocycles. The zero-order valence-electron chi connectivity index (χ0n) is 13.7. The number of amides is 2. The molecule has 8 nitrogen and oxygen atoms in total. The summed E-state index contributed by atoms with van der Waals surface area (Å²) >= 11 is 0. The summed E-state index contributed by atoms with van der Waals surface area (Å²) in [6.45, 7) is 7.63.